The molecule has 0 bridgehead atoms. The Morgan fingerprint density at radius 2 is 1.71 bits per heavy atom. The normalized spacial score (nSPS) is 29.3. The van der Waals surface area contributed by atoms with Crippen molar-refractivity contribution in [1.82, 2.24) is 20.4 Å². The SMILES string of the molecule is CCNC(=NCC1(N2CCCCC2)CCN(C)CC1)NCC1(C)CCCO1.I. The third-order valence-corrected chi connectivity index (χ3v) is 6.75. The van der Waals surface area contributed by atoms with Gasteiger partial charge in [0.05, 0.1) is 12.1 Å². The van der Waals surface area contributed by atoms with E-state index in [0.29, 0.717) is 0 Å². The van der Waals surface area contributed by atoms with E-state index in [1.54, 1.807) is 0 Å². The standard InChI is InChI=1S/C21H41N5O.HI/c1-4-22-19(23-17-20(2)9-8-16-27-20)24-18-21(10-14-25(3)15-11-21)26-12-6-5-7-13-26;/h4-18H2,1-3H3,(H2,22,23,24);1H. The molecule has 3 rings (SSSR count). The maximum absolute atomic E-state index is 5.93. The van der Waals surface area contributed by atoms with E-state index in [-0.39, 0.29) is 35.1 Å². The molecule has 3 aliphatic rings. The van der Waals surface area contributed by atoms with Gasteiger partial charge in [-0.25, -0.2) is 0 Å². The second-order valence-corrected chi connectivity index (χ2v) is 9.03. The maximum atomic E-state index is 5.93. The molecule has 7 heteroatoms. The Morgan fingerprint density at radius 1 is 1.00 bits per heavy atom. The van der Waals surface area contributed by atoms with Crippen molar-refractivity contribution in [2.75, 3.05) is 59.5 Å². The average Bonchev–Trinajstić information content (AvgIpc) is 3.13. The number of guanidine groups is 1. The number of hydrogen-bond donors (Lipinski definition) is 2. The van der Waals surface area contributed by atoms with Gasteiger partial charge in [0.25, 0.3) is 0 Å². The smallest absolute Gasteiger partial charge is 0.191 e. The highest BCUT2D eigenvalue weighted by molar-refractivity contribution is 14.0. The van der Waals surface area contributed by atoms with Gasteiger partial charge in [-0.05, 0) is 85.6 Å². The molecule has 3 saturated heterocycles. The number of ether oxygens (including phenoxy) is 1. The predicted octanol–water partition coefficient (Wildman–Crippen LogP) is 2.68. The van der Waals surface area contributed by atoms with Gasteiger partial charge in [-0.3, -0.25) is 9.89 Å². The van der Waals surface area contributed by atoms with Gasteiger partial charge in [0.1, 0.15) is 0 Å². The molecule has 28 heavy (non-hydrogen) atoms. The molecular formula is C21H42IN5O. The number of likely N-dealkylation sites (tertiary alicyclic amines) is 2. The second kappa shape index (κ2) is 11.3. The van der Waals surface area contributed by atoms with Crippen molar-refractivity contribution in [2.24, 2.45) is 4.99 Å². The van der Waals surface area contributed by atoms with E-state index in [1.165, 1.54) is 58.3 Å². The molecule has 3 fully saturated rings. The van der Waals surface area contributed by atoms with Gasteiger partial charge in [0.2, 0.25) is 0 Å². The molecule has 0 aromatic heterocycles. The summed E-state index contributed by atoms with van der Waals surface area (Å²) in [4.78, 5) is 10.3. The lowest BCUT2D eigenvalue weighted by Crippen LogP contribution is -2.58. The Morgan fingerprint density at radius 3 is 2.32 bits per heavy atom. The van der Waals surface area contributed by atoms with Crippen LogP contribution >= 0.6 is 24.0 Å². The minimum Gasteiger partial charge on any atom is -0.373 e. The van der Waals surface area contributed by atoms with Crippen LogP contribution in [0, 0.1) is 0 Å². The van der Waals surface area contributed by atoms with E-state index in [9.17, 15) is 0 Å². The molecule has 6 nitrogen and oxygen atoms in total. The molecule has 0 aromatic rings. The summed E-state index contributed by atoms with van der Waals surface area (Å²) in [5, 5.41) is 7.00. The predicted molar refractivity (Wildman–Crippen MR) is 128 cm³/mol. The zero-order valence-corrected chi connectivity index (χ0v) is 20.6. The van der Waals surface area contributed by atoms with Crippen LogP contribution in [-0.4, -0.2) is 86.4 Å². The second-order valence-electron chi connectivity index (χ2n) is 9.03. The molecule has 0 spiro atoms. The summed E-state index contributed by atoms with van der Waals surface area (Å²) >= 11 is 0. The van der Waals surface area contributed by atoms with Gasteiger partial charge in [0.15, 0.2) is 5.96 Å². The van der Waals surface area contributed by atoms with Crippen LogP contribution in [0.4, 0.5) is 0 Å². The molecule has 3 heterocycles. The minimum absolute atomic E-state index is 0. The van der Waals surface area contributed by atoms with Crippen molar-refractivity contribution in [3.8, 4) is 0 Å². The Kier molecular flexibility index (Phi) is 9.76. The number of halogens is 1. The molecule has 3 aliphatic heterocycles. The molecule has 164 valence electrons. The van der Waals surface area contributed by atoms with E-state index in [1.807, 2.05) is 0 Å². The first-order valence-electron chi connectivity index (χ1n) is 11.2. The molecule has 1 atom stereocenters. The molecule has 0 amide bonds. The summed E-state index contributed by atoms with van der Waals surface area (Å²) in [5.41, 5.74) is 0.192. The van der Waals surface area contributed by atoms with Crippen molar-refractivity contribution >= 4 is 29.9 Å². The summed E-state index contributed by atoms with van der Waals surface area (Å²) in [6.45, 7) is 12.7. The molecule has 2 N–H and O–H groups in total. The Bertz CT molecular complexity index is 481. The monoisotopic (exact) mass is 507 g/mol. The first kappa shape index (κ1) is 24.2. The summed E-state index contributed by atoms with van der Waals surface area (Å²) in [5.74, 6) is 0.949. The summed E-state index contributed by atoms with van der Waals surface area (Å²) < 4.78 is 5.93. The summed E-state index contributed by atoms with van der Waals surface area (Å²) in [7, 11) is 2.25. The van der Waals surface area contributed by atoms with Gasteiger partial charge in [-0.2, -0.15) is 0 Å². The highest BCUT2D eigenvalue weighted by Gasteiger charge is 2.39. The molecule has 0 saturated carbocycles. The van der Waals surface area contributed by atoms with Gasteiger partial charge in [0, 0.05) is 25.2 Å². The van der Waals surface area contributed by atoms with Crippen LogP contribution in [0.25, 0.3) is 0 Å². The van der Waals surface area contributed by atoms with Crippen LogP contribution in [0.2, 0.25) is 0 Å². The number of hydrogen-bond acceptors (Lipinski definition) is 4. The quantitative estimate of drug-likeness (QED) is 0.329. The number of nitrogens with zero attached hydrogens (tertiary/aromatic N) is 3. The number of nitrogens with one attached hydrogen (secondary N) is 2. The first-order valence-corrected chi connectivity index (χ1v) is 11.2. The molecule has 0 radical (unpaired) electrons. The van der Waals surface area contributed by atoms with Crippen LogP contribution in [0.5, 0.6) is 0 Å². The van der Waals surface area contributed by atoms with Gasteiger partial charge < -0.3 is 20.3 Å². The Labute approximate surface area is 189 Å². The van der Waals surface area contributed by atoms with E-state index < -0.39 is 0 Å². The highest BCUT2D eigenvalue weighted by Crippen LogP contribution is 2.31. The third kappa shape index (κ3) is 6.44. The van der Waals surface area contributed by atoms with E-state index >= 15 is 0 Å². The number of aliphatic imine (C=N–C) groups is 1. The zero-order chi connectivity index (χ0) is 19.2. The van der Waals surface area contributed by atoms with Crippen LogP contribution in [0.15, 0.2) is 4.99 Å². The number of piperidine rings is 2. The van der Waals surface area contributed by atoms with E-state index in [4.69, 9.17) is 9.73 Å². The van der Waals surface area contributed by atoms with Gasteiger partial charge in [-0.15, -0.1) is 24.0 Å². The molecule has 0 aromatic carbocycles. The largest absolute Gasteiger partial charge is 0.373 e. The zero-order valence-electron chi connectivity index (χ0n) is 18.3. The minimum atomic E-state index is -0.0473. The molecule has 0 aliphatic carbocycles. The Hall–Kier alpha value is -0.120. The average molecular weight is 508 g/mol. The fourth-order valence-corrected chi connectivity index (χ4v) is 4.79. The van der Waals surface area contributed by atoms with Crippen molar-refractivity contribution in [3.63, 3.8) is 0 Å². The maximum Gasteiger partial charge on any atom is 0.191 e. The fourth-order valence-electron chi connectivity index (χ4n) is 4.79. The summed E-state index contributed by atoms with van der Waals surface area (Å²) in [6.07, 6.45) is 8.82. The van der Waals surface area contributed by atoms with E-state index in [2.05, 4.69) is 41.3 Å². The summed E-state index contributed by atoms with van der Waals surface area (Å²) in [6, 6.07) is 0. The fraction of sp³-hybridized carbons (Fsp3) is 0.952. The third-order valence-electron chi connectivity index (χ3n) is 6.75. The highest BCUT2D eigenvalue weighted by atomic mass is 127. The lowest BCUT2D eigenvalue weighted by molar-refractivity contribution is 0.0202. The lowest BCUT2D eigenvalue weighted by Gasteiger charge is -2.49. The van der Waals surface area contributed by atoms with Crippen molar-refractivity contribution in [3.05, 3.63) is 0 Å². The Balaban J connectivity index is 0.00000280. The van der Waals surface area contributed by atoms with Crippen LogP contribution < -0.4 is 10.6 Å². The van der Waals surface area contributed by atoms with Crippen LogP contribution in [-0.2, 0) is 4.74 Å². The topological polar surface area (TPSA) is 52.1 Å². The van der Waals surface area contributed by atoms with Crippen molar-refractivity contribution in [2.45, 2.75) is 69.9 Å². The lowest BCUT2D eigenvalue weighted by atomic mass is 9.84. The van der Waals surface area contributed by atoms with Crippen LogP contribution in [0.1, 0.15) is 58.8 Å². The van der Waals surface area contributed by atoms with Gasteiger partial charge >= 0.3 is 0 Å². The van der Waals surface area contributed by atoms with Gasteiger partial charge in [-0.1, -0.05) is 6.42 Å². The van der Waals surface area contributed by atoms with E-state index in [0.717, 1.165) is 45.0 Å². The van der Waals surface area contributed by atoms with Crippen molar-refractivity contribution < 1.29 is 4.74 Å². The number of rotatable bonds is 6. The van der Waals surface area contributed by atoms with Crippen molar-refractivity contribution in [1.29, 1.82) is 0 Å². The molecule has 1 unspecified atom stereocenters. The molecular weight excluding hydrogens is 465 g/mol. The van der Waals surface area contributed by atoms with Crippen LogP contribution in [0.3, 0.4) is 0 Å². The first-order chi connectivity index (χ1) is 13.1.